The van der Waals surface area contributed by atoms with E-state index in [0.717, 1.165) is 33.7 Å². The third-order valence-corrected chi connectivity index (χ3v) is 8.71. The zero-order chi connectivity index (χ0) is 21.8. The predicted octanol–water partition coefficient (Wildman–Crippen LogP) is 4.90. The summed E-state index contributed by atoms with van der Waals surface area (Å²) in [5, 5.41) is 0.638. The molecule has 2 heterocycles. The summed E-state index contributed by atoms with van der Waals surface area (Å²) in [7, 11) is -3.75. The number of nitrogens with zero attached hydrogens (tertiary/aromatic N) is 2. The van der Waals surface area contributed by atoms with Gasteiger partial charge in [-0.05, 0) is 60.9 Å². The van der Waals surface area contributed by atoms with Crippen LogP contribution in [0.4, 0.5) is 5.69 Å². The number of aromatic nitrogens is 1. The number of hydrogen-bond donors (Lipinski definition) is 0. The number of rotatable bonds is 4. The maximum Gasteiger partial charge on any atom is 0.308 e. The SMILES string of the molecule is C[C@@H]1Cc2ccccc2N1S(=O)(=O)c1ccc2c(c1)sc(=O)n2Cc1ccc(Cl)cc1. The summed E-state index contributed by atoms with van der Waals surface area (Å²) in [5.41, 5.74) is 3.42. The summed E-state index contributed by atoms with van der Waals surface area (Å²) in [6.45, 7) is 2.32. The van der Waals surface area contributed by atoms with Crippen molar-refractivity contribution in [1.29, 1.82) is 0 Å². The quantitative estimate of drug-likeness (QED) is 0.426. The lowest BCUT2D eigenvalue weighted by atomic mass is 10.1. The average molecular weight is 471 g/mol. The average Bonchev–Trinajstić information content (AvgIpc) is 3.25. The minimum Gasteiger partial charge on any atom is -0.294 e. The van der Waals surface area contributed by atoms with Crippen LogP contribution < -0.4 is 9.18 Å². The molecular formula is C23H19ClN2O3S2. The third-order valence-electron chi connectivity index (χ3n) is 5.60. The molecule has 1 aliphatic rings. The van der Waals surface area contributed by atoms with Crippen LogP contribution in [0.2, 0.25) is 5.02 Å². The van der Waals surface area contributed by atoms with Crippen LogP contribution in [-0.2, 0) is 23.0 Å². The highest BCUT2D eigenvalue weighted by Crippen LogP contribution is 2.37. The lowest BCUT2D eigenvalue weighted by Crippen LogP contribution is -2.35. The van der Waals surface area contributed by atoms with Gasteiger partial charge in [-0.2, -0.15) is 0 Å². The molecule has 5 nitrogen and oxygen atoms in total. The minimum atomic E-state index is -3.75. The highest BCUT2D eigenvalue weighted by Gasteiger charge is 2.36. The lowest BCUT2D eigenvalue weighted by Gasteiger charge is -2.24. The highest BCUT2D eigenvalue weighted by molar-refractivity contribution is 7.93. The fourth-order valence-corrected chi connectivity index (χ4v) is 7.00. The summed E-state index contributed by atoms with van der Waals surface area (Å²) in [6, 6.07) is 19.7. The maximum atomic E-state index is 13.5. The number of hydrogen-bond acceptors (Lipinski definition) is 4. The monoisotopic (exact) mass is 470 g/mol. The number of para-hydroxylation sites is 1. The molecule has 8 heteroatoms. The number of fused-ring (bicyclic) bond motifs is 2. The van der Waals surface area contributed by atoms with E-state index in [1.54, 1.807) is 34.9 Å². The zero-order valence-electron chi connectivity index (χ0n) is 16.7. The topological polar surface area (TPSA) is 59.4 Å². The highest BCUT2D eigenvalue weighted by atomic mass is 35.5. The Kier molecular flexibility index (Phi) is 4.92. The Hall–Kier alpha value is -2.61. The van der Waals surface area contributed by atoms with Gasteiger partial charge in [0.1, 0.15) is 0 Å². The molecule has 0 amide bonds. The molecule has 0 aliphatic carbocycles. The van der Waals surface area contributed by atoms with Crippen LogP contribution in [0.1, 0.15) is 18.1 Å². The second-order valence-corrected chi connectivity index (χ2v) is 10.9. The number of anilines is 1. The van der Waals surface area contributed by atoms with Gasteiger partial charge in [0.15, 0.2) is 0 Å². The van der Waals surface area contributed by atoms with Crippen LogP contribution in [-0.4, -0.2) is 19.0 Å². The van der Waals surface area contributed by atoms with E-state index in [0.29, 0.717) is 22.7 Å². The van der Waals surface area contributed by atoms with E-state index >= 15 is 0 Å². The Labute approximate surface area is 189 Å². The first-order chi connectivity index (χ1) is 14.8. The first-order valence-electron chi connectivity index (χ1n) is 9.85. The molecule has 1 aromatic heterocycles. The van der Waals surface area contributed by atoms with Crippen LogP contribution in [0.5, 0.6) is 0 Å². The smallest absolute Gasteiger partial charge is 0.294 e. The summed E-state index contributed by atoms with van der Waals surface area (Å²) in [5.74, 6) is 0. The Balaban J connectivity index is 1.55. The van der Waals surface area contributed by atoms with Gasteiger partial charge in [-0.15, -0.1) is 0 Å². The van der Waals surface area contributed by atoms with E-state index in [1.807, 2.05) is 43.3 Å². The molecule has 31 heavy (non-hydrogen) atoms. The normalized spacial score (nSPS) is 16.1. The van der Waals surface area contributed by atoms with Crippen molar-refractivity contribution < 1.29 is 8.42 Å². The molecule has 158 valence electrons. The molecular weight excluding hydrogens is 452 g/mol. The van der Waals surface area contributed by atoms with Crippen molar-refractivity contribution in [3.63, 3.8) is 0 Å². The van der Waals surface area contributed by atoms with E-state index in [2.05, 4.69) is 0 Å². The van der Waals surface area contributed by atoms with E-state index in [1.165, 1.54) is 4.31 Å². The molecule has 0 unspecified atom stereocenters. The van der Waals surface area contributed by atoms with Crippen molar-refractivity contribution in [3.8, 4) is 0 Å². The van der Waals surface area contributed by atoms with Gasteiger partial charge in [0.05, 0.1) is 27.3 Å². The zero-order valence-corrected chi connectivity index (χ0v) is 19.0. The molecule has 0 saturated heterocycles. The summed E-state index contributed by atoms with van der Waals surface area (Å²) in [4.78, 5) is 12.7. The van der Waals surface area contributed by atoms with Gasteiger partial charge in [-0.25, -0.2) is 8.42 Å². The molecule has 0 saturated carbocycles. The maximum absolute atomic E-state index is 13.5. The van der Waals surface area contributed by atoms with Crippen molar-refractivity contribution in [2.75, 3.05) is 4.31 Å². The van der Waals surface area contributed by atoms with Crippen LogP contribution in [0.3, 0.4) is 0 Å². The van der Waals surface area contributed by atoms with E-state index in [4.69, 9.17) is 11.6 Å². The standard InChI is InChI=1S/C23H19ClN2O3S2/c1-15-12-17-4-2-3-5-20(17)26(15)31(28,29)19-10-11-21-22(13-19)30-23(27)25(21)14-16-6-8-18(24)9-7-16/h2-11,13,15H,12,14H2,1H3/t15-/m1/s1. The molecule has 5 rings (SSSR count). The Morgan fingerprint density at radius 3 is 2.58 bits per heavy atom. The van der Waals surface area contributed by atoms with Crippen molar-refractivity contribution in [3.05, 3.63) is 92.5 Å². The molecule has 0 radical (unpaired) electrons. The number of sulfonamides is 1. The van der Waals surface area contributed by atoms with Crippen molar-refractivity contribution in [1.82, 2.24) is 4.57 Å². The molecule has 0 bridgehead atoms. The molecule has 3 aromatic carbocycles. The fraction of sp³-hybridized carbons (Fsp3) is 0.174. The Morgan fingerprint density at radius 2 is 1.81 bits per heavy atom. The summed E-state index contributed by atoms with van der Waals surface area (Å²) in [6.07, 6.45) is 0.683. The van der Waals surface area contributed by atoms with Crippen LogP contribution in [0.15, 0.2) is 76.4 Å². The van der Waals surface area contributed by atoms with Crippen LogP contribution >= 0.6 is 22.9 Å². The van der Waals surface area contributed by atoms with Gasteiger partial charge in [0, 0.05) is 11.1 Å². The van der Waals surface area contributed by atoms with Crippen molar-refractivity contribution >= 4 is 48.9 Å². The van der Waals surface area contributed by atoms with Gasteiger partial charge in [0.2, 0.25) is 0 Å². The number of halogens is 1. The molecule has 0 fully saturated rings. The second kappa shape index (κ2) is 7.51. The van der Waals surface area contributed by atoms with E-state index in [-0.39, 0.29) is 15.8 Å². The Bertz CT molecular complexity index is 1460. The fourth-order valence-electron chi connectivity index (χ4n) is 4.15. The van der Waals surface area contributed by atoms with Gasteiger partial charge in [-0.3, -0.25) is 13.7 Å². The summed E-state index contributed by atoms with van der Waals surface area (Å²) < 4.78 is 30.8. The molecule has 1 atom stereocenters. The van der Waals surface area contributed by atoms with Crippen LogP contribution in [0, 0.1) is 0 Å². The summed E-state index contributed by atoms with van der Waals surface area (Å²) >= 11 is 7.01. The van der Waals surface area contributed by atoms with Gasteiger partial charge in [0.25, 0.3) is 10.0 Å². The van der Waals surface area contributed by atoms with E-state index < -0.39 is 10.0 Å². The van der Waals surface area contributed by atoms with Crippen molar-refractivity contribution in [2.45, 2.75) is 30.8 Å². The molecule has 0 N–H and O–H groups in total. The minimum absolute atomic E-state index is 0.126. The van der Waals surface area contributed by atoms with Gasteiger partial charge in [-0.1, -0.05) is 53.3 Å². The lowest BCUT2D eigenvalue weighted by molar-refractivity contribution is 0.584. The number of benzene rings is 3. The van der Waals surface area contributed by atoms with E-state index in [9.17, 15) is 13.2 Å². The molecule has 0 spiro atoms. The Morgan fingerprint density at radius 1 is 1.06 bits per heavy atom. The van der Waals surface area contributed by atoms with Gasteiger partial charge < -0.3 is 0 Å². The predicted molar refractivity (Wildman–Crippen MR) is 126 cm³/mol. The molecule has 4 aromatic rings. The molecule has 1 aliphatic heterocycles. The van der Waals surface area contributed by atoms with Crippen LogP contribution in [0.25, 0.3) is 10.2 Å². The largest absolute Gasteiger partial charge is 0.308 e. The first kappa shape index (κ1) is 20.3. The third kappa shape index (κ3) is 3.46. The second-order valence-electron chi connectivity index (χ2n) is 7.69. The first-order valence-corrected chi connectivity index (χ1v) is 12.5. The van der Waals surface area contributed by atoms with Crippen molar-refractivity contribution in [2.24, 2.45) is 0 Å². The van der Waals surface area contributed by atoms with Gasteiger partial charge >= 0.3 is 4.87 Å². The number of thiazole rings is 1.